The van der Waals surface area contributed by atoms with Crippen LogP contribution < -0.4 is 26.0 Å². The van der Waals surface area contributed by atoms with Crippen LogP contribution in [0.2, 0.25) is 0 Å². The zero-order valence-electron chi connectivity index (χ0n) is 27.3. The zero-order valence-corrected chi connectivity index (χ0v) is 27.3. The van der Waals surface area contributed by atoms with Gasteiger partial charge in [-0.05, 0) is 50.4 Å². The summed E-state index contributed by atoms with van der Waals surface area (Å²) in [7, 11) is 1.41. The van der Waals surface area contributed by atoms with Crippen molar-refractivity contribution in [3.63, 3.8) is 0 Å². The number of carbonyl (C=O) groups is 6. The van der Waals surface area contributed by atoms with Gasteiger partial charge in [-0.15, -0.1) is 0 Å². The summed E-state index contributed by atoms with van der Waals surface area (Å²) >= 11 is 0. The van der Waals surface area contributed by atoms with Gasteiger partial charge in [0, 0.05) is 64.2 Å². The van der Waals surface area contributed by atoms with Crippen molar-refractivity contribution in [2.45, 2.75) is 50.6 Å². The molecule has 3 fully saturated rings. The molecule has 2 atom stereocenters. The smallest absolute Gasteiger partial charge is 0.264 e. The zero-order chi connectivity index (χ0) is 34.8. The topological polar surface area (TPSA) is 175 Å². The number of nitrogens with two attached hydrogens (primary N) is 1. The Morgan fingerprint density at radius 2 is 1.80 bits per heavy atom. The molecule has 15 heteroatoms. The van der Waals surface area contributed by atoms with E-state index in [9.17, 15) is 33.2 Å². The maximum atomic E-state index is 14.5. The third-order valence-corrected chi connectivity index (χ3v) is 9.70. The number of benzene rings is 2. The molecule has 2 aromatic rings. The Bertz CT molecular complexity index is 1690. The van der Waals surface area contributed by atoms with Gasteiger partial charge in [0.1, 0.15) is 11.8 Å². The Hall–Kier alpha value is -5.05. The molecule has 4 aliphatic heterocycles. The van der Waals surface area contributed by atoms with Gasteiger partial charge >= 0.3 is 0 Å². The molecular formula is C34H40FN7O7. The van der Waals surface area contributed by atoms with Crippen LogP contribution in [0.4, 0.5) is 15.8 Å². The summed E-state index contributed by atoms with van der Waals surface area (Å²) in [5.74, 6) is -3.20. The molecule has 4 N–H and O–H groups in total. The minimum absolute atomic E-state index is 0.0156. The predicted molar refractivity (Wildman–Crippen MR) is 175 cm³/mol. The number of hydrogen-bond donors (Lipinski definition) is 3. The highest BCUT2D eigenvalue weighted by Gasteiger charge is 2.46. The van der Waals surface area contributed by atoms with E-state index in [4.69, 9.17) is 10.5 Å². The Kier molecular flexibility index (Phi) is 9.81. The lowest BCUT2D eigenvalue weighted by molar-refractivity contribution is -0.136. The lowest BCUT2D eigenvalue weighted by atomic mass is 10.0. The first-order chi connectivity index (χ1) is 23.5. The van der Waals surface area contributed by atoms with Crippen LogP contribution in [0, 0.1) is 5.82 Å². The van der Waals surface area contributed by atoms with Gasteiger partial charge in [-0.3, -0.25) is 43.9 Å². The number of nitrogens with one attached hydrogen (secondary N) is 2. The molecule has 0 spiro atoms. The second-order valence-electron chi connectivity index (χ2n) is 12.8. The lowest BCUT2D eigenvalue weighted by Crippen LogP contribution is -2.54. The fraction of sp³-hybridized carbons (Fsp3) is 0.471. The van der Waals surface area contributed by atoms with Crippen LogP contribution in [0.15, 0.2) is 30.3 Å². The fourth-order valence-electron chi connectivity index (χ4n) is 7.01. The summed E-state index contributed by atoms with van der Waals surface area (Å²) < 4.78 is 19.6. The van der Waals surface area contributed by atoms with Crippen LogP contribution >= 0.6 is 0 Å². The molecule has 1 unspecified atom stereocenters. The lowest BCUT2D eigenvalue weighted by Gasteiger charge is -2.36. The maximum absolute atomic E-state index is 14.5. The number of hydrogen-bond acceptors (Lipinski definition) is 10. The molecular weight excluding hydrogens is 637 g/mol. The quantitative estimate of drug-likeness (QED) is 0.188. The molecule has 6 rings (SSSR count). The van der Waals surface area contributed by atoms with Crippen molar-refractivity contribution in [2.75, 3.05) is 63.6 Å². The molecule has 260 valence electrons. The van der Waals surface area contributed by atoms with E-state index < -0.39 is 41.4 Å². The number of nitrogens with zero attached hydrogens (tertiary/aromatic N) is 4. The minimum atomic E-state index is -1.01. The fourth-order valence-corrected chi connectivity index (χ4v) is 7.01. The van der Waals surface area contributed by atoms with Crippen molar-refractivity contribution in [3.8, 4) is 5.75 Å². The van der Waals surface area contributed by atoms with Gasteiger partial charge in [0.15, 0.2) is 5.82 Å². The Labute approximate surface area is 282 Å². The second-order valence-corrected chi connectivity index (χ2v) is 12.8. The molecule has 14 nitrogen and oxygen atoms in total. The summed E-state index contributed by atoms with van der Waals surface area (Å²) in [6.07, 6.45) is 2.66. The number of carbonyl (C=O) groups excluding carboxylic acids is 6. The Morgan fingerprint density at radius 3 is 2.53 bits per heavy atom. The van der Waals surface area contributed by atoms with Crippen LogP contribution in [0.5, 0.6) is 5.75 Å². The van der Waals surface area contributed by atoms with Crippen molar-refractivity contribution in [1.82, 2.24) is 25.3 Å². The summed E-state index contributed by atoms with van der Waals surface area (Å²) in [6.45, 7) is 4.44. The van der Waals surface area contributed by atoms with Crippen LogP contribution in [0.3, 0.4) is 0 Å². The molecule has 6 amide bonds. The number of amides is 6. The highest BCUT2D eigenvalue weighted by molar-refractivity contribution is 6.25. The SMILES string of the molecule is COc1cc(N)c(F)c(C(=O)N[C@H]2CCN(C(=O)CCCCN3CCN(c4cccc5c4C(=O)N(C4CCC(=O)NC4=O)C5=O)CC3)C2)c1. The van der Waals surface area contributed by atoms with E-state index >= 15 is 0 Å². The van der Waals surface area contributed by atoms with E-state index in [1.54, 1.807) is 17.0 Å². The van der Waals surface area contributed by atoms with Gasteiger partial charge < -0.3 is 25.6 Å². The number of piperidine rings is 1. The molecule has 2 aromatic carbocycles. The van der Waals surface area contributed by atoms with Crippen LogP contribution in [-0.4, -0.2) is 115 Å². The number of anilines is 2. The molecule has 0 bridgehead atoms. The van der Waals surface area contributed by atoms with Gasteiger partial charge in [-0.25, -0.2) is 4.39 Å². The normalized spacial score (nSPS) is 21.2. The van der Waals surface area contributed by atoms with Crippen molar-refractivity contribution >= 4 is 46.8 Å². The minimum Gasteiger partial charge on any atom is -0.497 e. The Balaban J connectivity index is 0.935. The first kappa shape index (κ1) is 33.8. The number of piperazine rings is 1. The molecule has 3 saturated heterocycles. The highest BCUT2D eigenvalue weighted by atomic mass is 19.1. The van der Waals surface area contributed by atoms with Crippen molar-refractivity contribution in [1.29, 1.82) is 0 Å². The van der Waals surface area contributed by atoms with Gasteiger partial charge in [0.25, 0.3) is 17.7 Å². The van der Waals surface area contributed by atoms with Gasteiger partial charge in [-0.2, -0.15) is 0 Å². The van der Waals surface area contributed by atoms with Gasteiger partial charge in [0.05, 0.1) is 35.2 Å². The molecule has 4 heterocycles. The number of ether oxygens (including phenoxy) is 1. The van der Waals surface area contributed by atoms with Crippen molar-refractivity contribution < 1.29 is 37.9 Å². The number of imide groups is 2. The predicted octanol–water partition coefficient (Wildman–Crippen LogP) is 1.14. The second kappa shape index (κ2) is 14.2. The molecule has 0 radical (unpaired) electrons. The first-order valence-electron chi connectivity index (χ1n) is 16.6. The van der Waals surface area contributed by atoms with Crippen LogP contribution in [0.1, 0.15) is 69.6 Å². The summed E-state index contributed by atoms with van der Waals surface area (Å²) in [5, 5.41) is 5.03. The summed E-state index contributed by atoms with van der Waals surface area (Å²) in [5.41, 5.74) is 6.51. The molecule has 0 aromatic heterocycles. The monoisotopic (exact) mass is 677 g/mol. The van der Waals surface area contributed by atoms with Gasteiger partial charge in [0.2, 0.25) is 17.7 Å². The number of methoxy groups -OCH3 is 1. The number of unbranched alkanes of at least 4 members (excludes halogenated alkanes) is 1. The maximum Gasteiger partial charge on any atom is 0.264 e. The Morgan fingerprint density at radius 1 is 1.02 bits per heavy atom. The third-order valence-electron chi connectivity index (χ3n) is 9.70. The molecule has 4 aliphatic rings. The number of nitrogen functional groups attached to an aromatic ring is 1. The number of rotatable bonds is 10. The average Bonchev–Trinajstić information content (AvgIpc) is 3.66. The highest BCUT2D eigenvalue weighted by Crippen LogP contribution is 2.34. The van der Waals surface area contributed by atoms with Crippen LogP contribution in [-0.2, 0) is 14.4 Å². The van der Waals surface area contributed by atoms with Crippen LogP contribution in [0.25, 0.3) is 0 Å². The van der Waals surface area contributed by atoms with E-state index in [-0.39, 0.29) is 47.4 Å². The third kappa shape index (κ3) is 6.93. The van der Waals surface area contributed by atoms with E-state index in [1.807, 2.05) is 6.07 Å². The molecule has 0 aliphatic carbocycles. The first-order valence-corrected chi connectivity index (χ1v) is 16.6. The van der Waals surface area contributed by atoms with E-state index in [2.05, 4.69) is 20.4 Å². The molecule has 0 saturated carbocycles. The van der Waals surface area contributed by atoms with Gasteiger partial charge in [-0.1, -0.05) is 6.07 Å². The van der Waals surface area contributed by atoms with Crippen molar-refractivity contribution in [2.24, 2.45) is 0 Å². The summed E-state index contributed by atoms with van der Waals surface area (Å²) in [4.78, 5) is 83.5. The van der Waals surface area contributed by atoms with Crippen molar-refractivity contribution in [3.05, 3.63) is 52.8 Å². The number of likely N-dealkylation sites (tertiary alicyclic amines) is 1. The van der Waals surface area contributed by atoms with E-state index in [0.29, 0.717) is 56.7 Å². The summed E-state index contributed by atoms with van der Waals surface area (Å²) in [6, 6.07) is 6.47. The largest absolute Gasteiger partial charge is 0.497 e. The molecule has 49 heavy (non-hydrogen) atoms. The van der Waals surface area contributed by atoms with E-state index in [0.717, 1.165) is 31.0 Å². The standard InChI is InChI=1S/C34H40FN7O7/c1-49-21-17-23(30(35)24(36)18-21)31(45)37-20-10-12-41(19-20)28(44)7-2-3-11-39-13-15-40(16-14-39)25-6-4-5-22-29(25)34(48)42(33(22)47)26-8-9-27(43)38-32(26)46/h4-6,17-18,20,26H,2-3,7-16,19,36H2,1H3,(H,37,45)(H,38,43,46)/t20-,26?/m0/s1. The number of halogens is 1. The number of fused-ring (bicyclic) bond motifs is 1. The van der Waals surface area contributed by atoms with E-state index in [1.165, 1.54) is 19.2 Å². The average molecular weight is 678 g/mol.